The molecular weight excluding hydrogens is 292 g/mol. The molecule has 4 nitrogen and oxygen atoms in total. The Kier molecular flexibility index (Phi) is 4.81. The van der Waals surface area contributed by atoms with E-state index in [0.29, 0.717) is 23.7 Å². The first-order valence-electron chi connectivity index (χ1n) is 7.92. The maximum atomic E-state index is 11.6. The molecule has 0 aliphatic heterocycles. The van der Waals surface area contributed by atoms with Crippen LogP contribution < -0.4 is 9.47 Å². The first-order valence-corrected chi connectivity index (χ1v) is 7.92. The van der Waals surface area contributed by atoms with Crippen molar-refractivity contribution in [1.82, 2.24) is 0 Å². The summed E-state index contributed by atoms with van der Waals surface area (Å²) in [5.41, 5.74) is 0.515. The molecular formula is C19H20O4. The summed E-state index contributed by atoms with van der Waals surface area (Å²) in [5.74, 6) is 2.58. The molecule has 2 aromatic rings. The zero-order chi connectivity index (χ0) is 16.1. The van der Waals surface area contributed by atoms with Crippen LogP contribution in [0.5, 0.6) is 17.2 Å². The summed E-state index contributed by atoms with van der Waals surface area (Å²) in [6.07, 6.45) is 2.53. The zero-order valence-corrected chi connectivity index (χ0v) is 13.2. The lowest BCUT2D eigenvalue weighted by atomic mass is 10.2. The monoisotopic (exact) mass is 312 g/mol. The van der Waals surface area contributed by atoms with Gasteiger partial charge in [-0.15, -0.1) is 0 Å². The Morgan fingerprint density at radius 3 is 2.48 bits per heavy atom. The van der Waals surface area contributed by atoms with E-state index in [4.69, 9.17) is 14.2 Å². The Balaban J connectivity index is 1.61. The number of carbonyl (C=O) groups excluding carboxylic acids is 1. The fourth-order valence-electron chi connectivity index (χ4n) is 2.14. The van der Waals surface area contributed by atoms with Crippen LogP contribution in [0.15, 0.2) is 48.5 Å². The summed E-state index contributed by atoms with van der Waals surface area (Å²) in [5, 5.41) is 0. The average Bonchev–Trinajstić information content (AvgIpc) is 3.39. The molecule has 23 heavy (non-hydrogen) atoms. The molecule has 4 heteroatoms. The minimum atomic E-state index is -0.325. The van der Waals surface area contributed by atoms with Gasteiger partial charge in [-0.1, -0.05) is 6.07 Å². The lowest BCUT2D eigenvalue weighted by molar-refractivity contribution is 0.0526. The number of carbonyl (C=O) groups is 1. The van der Waals surface area contributed by atoms with Crippen molar-refractivity contribution in [2.24, 2.45) is 5.92 Å². The maximum absolute atomic E-state index is 11.6. The average molecular weight is 312 g/mol. The highest BCUT2D eigenvalue weighted by atomic mass is 16.5. The van der Waals surface area contributed by atoms with E-state index < -0.39 is 0 Å². The fraction of sp³-hybridized carbons (Fsp3) is 0.316. The van der Waals surface area contributed by atoms with Gasteiger partial charge in [0.1, 0.15) is 17.2 Å². The molecule has 0 amide bonds. The van der Waals surface area contributed by atoms with E-state index in [1.54, 1.807) is 31.2 Å². The lowest BCUT2D eigenvalue weighted by Gasteiger charge is -2.09. The molecule has 0 unspecified atom stereocenters. The first-order chi connectivity index (χ1) is 11.2. The van der Waals surface area contributed by atoms with Gasteiger partial charge in [0.05, 0.1) is 18.8 Å². The molecule has 0 heterocycles. The highest BCUT2D eigenvalue weighted by molar-refractivity contribution is 5.89. The Morgan fingerprint density at radius 2 is 1.78 bits per heavy atom. The smallest absolute Gasteiger partial charge is 0.338 e. The molecule has 0 bridgehead atoms. The van der Waals surface area contributed by atoms with Crippen molar-refractivity contribution in [3.63, 3.8) is 0 Å². The maximum Gasteiger partial charge on any atom is 0.338 e. The van der Waals surface area contributed by atoms with Crippen LogP contribution in [0.25, 0.3) is 0 Å². The van der Waals surface area contributed by atoms with Gasteiger partial charge < -0.3 is 14.2 Å². The predicted molar refractivity (Wildman–Crippen MR) is 87.1 cm³/mol. The van der Waals surface area contributed by atoms with Crippen LogP contribution in [-0.2, 0) is 4.74 Å². The summed E-state index contributed by atoms with van der Waals surface area (Å²) in [4.78, 5) is 11.6. The first kappa shape index (κ1) is 15.4. The standard InChI is InChI=1S/C19H20O4/c1-2-21-19(20)15-8-10-16(11-9-15)23-18-5-3-4-17(12-18)22-13-14-6-7-14/h3-5,8-12,14H,2,6-7,13H2,1H3. The van der Waals surface area contributed by atoms with E-state index >= 15 is 0 Å². The largest absolute Gasteiger partial charge is 0.493 e. The Hall–Kier alpha value is -2.49. The van der Waals surface area contributed by atoms with Gasteiger partial charge in [0.15, 0.2) is 0 Å². The van der Waals surface area contributed by atoms with Crippen LogP contribution >= 0.6 is 0 Å². The van der Waals surface area contributed by atoms with Gasteiger partial charge in [0, 0.05) is 6.07 Å². The third kappa shape index (κ3) is 4.49. The minimum absolute atomic E-state index is 0.325. The molecule has 3 rings (SSSR count). The van der Waals surface area contributed by atoms with E-state index in [9.17, 15) is 4.79 Å². The quantitative estimate of drug-likeness (QED) is 0.709. The number of ether oxygens (including phenoxy) is 3. The predicted octanol–water partition coefficient (Wildman–Crippen LogP) is 4.44. The molecule has 2 aromatic carbocycles. The minimum Gasteiger partial charge on any atom is -0.493 e. The molecule has 1 aliphatic rings. The molecule has 1 fully saturated rings. The molecule has 0 atom stereocenters. The van der Waals surface area contributed by atoms with Crippen LogP contribution in [0.2, 0.25) is 0 Å². The third-order valence-electron chi connectivity index (χ3n) is 3.59. The van der Waals surface area contributed by atoms with E-state index in [1.807, 2.05) is 24.3 Å². The Bertz CT molecular complexity index is 659. The number of hydrogen-bond donors (Lipinski definition) is 0. The number of esters is 1. The SMILES string of the molecule is CCOC(=O)c1ccc(Oc2cccc(OCC3CC3)c2)cc1. The van der Waals surface area contributed by atoms with Crippen molar-refractivity contribution in [2.75, 3.05) is 13.2 Å². The second-order valence-electron chi connectivity index (χ2n) is 5.58. The highest BCUT2D eigenvalue weighted by Gasteiger charge is 2.21. The van der Waals surface area contributed by atoms with E-state index in [0.717, 1.165) is 18.3 Å². The molecule has 1 saturated carbocycles. The summed E-state index contributed by atoms with van der Waals surface area (Å²) in [6, 6.07) is 14.5. The Morgan fingerprint density at radius 1 is 1.04 bits per heavy atom. The van der Waals surface area contributed by atoms with Crippen LogP contribution in [0, 0.1) is 5.92 Å². The summed E-state index contributed by atoms with van der Waals surface area (Å²) < 4.78 is 16.5. The van der Waals surface area contributed by atoms with Crippen molar-refractivity contribution in [3.8, 4) is 17.2 Å². The van der Waals surface area contributed by atoms with Crippen LogP contribution in [0.3, 0.4) is 0 Å². The van der Waals surface area contributed by atoms with Gasteiger partial charge in [0.25, 0.3) is 0 Å². The van der Waals surface area contributed by atoms with Gasteiger partial charge in [0.2, 0.25) is 0 Å². The van der Waals surface area contributed by atoms with Crippen molar-refractivity contribution < 1.29 is 19.0 Å². The van der Waals surface area contributed by atoms with Crippen molar-refractivity contribution in [1.29, 1.82) is 0 Å². The number of hydrogen-bond acceptors (Lipinski definition) is 4. The Labute approximate surface area is 136 Å². The summed E-state index contributed by atoms with van der Waals surface area (Å²) in [6.45, 7) is 2.93. The molecule has 1 aliphatic carbocycles. The van der Waals surface area contributed by atoms with Gasteiger partial charge >= 0.3 is 5.97 Å². The van der Waals surface area contributed by atoms with E-state index in [1.165, 1.54) is 12.8 Å². The number of benzene rings is 2. The topological polar surface area (TPSA) is 44.8 Å². The number of rotatable bonds is 7. The lowest BCUT2D eigenvalue weighted by Crippen LogP contribution is -2.04. The van der Waals surface area contributed by atoms with Crippen LogP contribution in [-0.4, -0.2) is 19.2 Å². The van der Waals surface area contributed by atoms with Crippen molar-refractivity contribution >= 4 is 5.97 Å². The van der Waals surface area contributed by atoms with Gasteiger partial charge in [-0.25, -0.2) is 4.79 Å². The van der Waals surface area contributed by atoms with Crippen molar-refractivity contribution in [3.05, 3.63) is 54.1 Å². The molecule has 0 N–H and O–H groups in total. The second-order valence-corrected chi connectivity index (χ2v) is 5.58. The molecule has 0 aromatic heterocycles. The van der Waals surface area contributed by atoms with E-state index in [-0.39, 0.29) is 5.97 Å². The second kappa shape index (κ2) is 7.18. The molecule has 120 valence electrons. The van der Waals surface area contributed by atoms with Gasteiger partial charge in [-0.05, 0) is 62.1 Å². The third-order valence-corrected chi connectivity index (χ3v) is 3.59. The molecule has 0 radical (unpaired) electrons. The van der Waals surface area contributed by atoms with Crippen LogP contribution in [0.1, 0.15) is 30.1 Å². The summed E-state index contributed by atoms with van der Waals surface area (Å²) in [7, 11) is 0. The van der Waals surface area contributed by atoms with Crippen LogP contribution in [0.4, 0.5) is 0 Å². The van der Waals surface area contributed by atoms with Crippen molar-refractivity contribution in [2.45, 2.75) is 19.8 Å². The van der Waals surface area contributed by atoms with Gasteiger partial charge in [-0.3, -0.25) is 0 Å². The molecule has 0 spiro atoms. The summed E-state index contributed by atoms with van der Waals surface area (Å²) >= 11 is 0. The zero-order valence-electron chi connectivity index (χ0n) is 13.2. The molecule has 0 saturated heterocycles. The normalized spacial score (nSPS) is 13.4. The highest BCUT2D eigenvalue weighted by Crippen LogP contribution is 2.31. The fourth-order valence-corrected chi connectivity index (χ4v) is 2.14. The van der Waals surface area contributed by atoms with E-state index in [2.05, 4.69) is 0 Å². The van der Waals surface area contributed by atoms with Gasteiger partial charge in [-0.2, -0.15) is 0 Å².